The molecule has 1 unspecified atom stereocenters. The average Bonchev–Trinajstić information content (AvgIpc) is 2.38. The Morgan fingerprint density at radius 2 is 2.22 bits per heavy atom. The third kappa shape index (κ3) is 2.85. The molecule has 1 saturated heterocycles. The topological polar surface area (TPSA) is 30.3 Å². The third-order valence-electron chi connectivity index (χ3n) is 3.54. The van der Waals surface area contributed by atoms with Gasteiger partial charge in [-0.15, -0.1) is 0 Å². The van der Waals surface area contributed by atoms with E-state index >= 15 is 0 Å². The van der Waals surface area contributed by atoms with Gasteiger partial charge in [0.25, 0.3) is 0 Å². The van der Waals surface area contributed by atoms with Gasteiger partial charge in [-0.1, -0.05) is 0 Å². The van der Waals surface area contributed by atoms with Crippen molar-refractivity contribution < 1.29 is 0 Å². The second kappa shape index (κ2) is 5.73. The van der Waals surface area contributed by atoms with Crippen molar-refractivity contribution in [1.29, 1.82) is 5.26 Å². The van der Waals surface area contributed by atoms with Crippen LogP contribution in [0, 0.1) is 11.3 Å². The minimum atomic E-state index is 0.612. The Labute approximate surface area is 117 Å². The summed E-state index contributed by atoms with van der Waals surface area (Å²) in [6.45, 7) is 2.15. The molecule has 0 aromatic heterocycles. The number of hydrogen-bond donors (Lipinski definition) is 0. The molecule has 1 atom stereocenters. The molecule has 1 aromatic rings. The van der Waals surface area contributed by atoms with Crippen molar-refractivity contribution in [2.24, 2.45) is 0 Å². The van der Waals surface area contributed by atoms with Crippen molar-refractivity contribution in [3.8, 4) is 6.07 Å². The molecule has 1 aliphatic heterocycles. The summed E-state index contributed by atoms with van der Waals surface area (Å²) in [4.78, 5) is 4.70. The highest BCUT2D eigenvalue weighted by Gasteiger charge is 2.22. The van der Waals surface area contributed by atoms with Crippen LogP contribution in [0.3, 0.4) is 0 Å². The van der Waals surface area contributed by atoms with E-state index in [1.807, 2.05) is 18.2 Å². The Bertz CT molecular complexity index is 465. The minimum Gasteiger partial charge on any atom is -0.369 e. The molecule has 2 rings (SSSR count). The Morgan fingerprint density at radius 1 is 1.44 bits per heavy atom. The molecule has 0 bridgehead atoms. The number of hydrogen-bond acceptors (Lipinski definition) is 3. The zero-order valence-corrected chi connectivity index (χ0v) is 12.4. The fourth-order valence-electron chi connectivity index (χ4n) is 2.43. The highest BCUT2D eigenvalue weighted by atomic mass is 79.9. The number of nitrogens with zero attached hydrogens (tertiary/aromatic N) is 3. The quantitative estimate of drug-likeness (QED) is 0.841. The lowest BCUT2D eigenvalue weighted by atomic mass is 10.0. The Balaban J connectivity index is 2.19. The van der Waals surface area contributed by atoms with Crippen LogP contribution >= 0.6 is 15.9 Å². The fraction of sp³-hybridized carbons (Fsp3) is 0.500. The summed E-state index contributed by atoms with van der Waals surface area (Å²) in [5.74, 6) is 0. The number of rotatable bonds is 2. The van der Waals surface area contributed by atoms with Gasteiger partial charge < -0.3 is 9.80 Å². The van der Waals surface area contributed by atoms with Gasteiger partial charge in [-0.2, -0.15) is 5.26 Å². The van der Waals surface area contributed by atoms with Crippen molar-refractivity contribution in [2.45, 2.75) is 18.9 Å². The Morgan fingerprint density at radius 3 is 2.83 bits per heavy atom. The molecular weight excluding hydrogens is 290 g/mol. The van der Waals surface area contributed by atoms with Gasteiger partial charge in [0.2, 0.25) is 0 Å². The number of benzene rings is 1. The lowest BCUT2D eigenvalue weighted by molar-refractivity contribution is 0.258. The smallest absolute Gasteiger partial charge is 0.0992 e. The van der Waals surface area contributed by atoms with Gasteiger partial charge >= 0.3 is 0 Å². The van der Waals surface area contributed by atoms with Crippen LogP contribution in [0.1, 0.15) is 18.4 Å². The summed E-state index contributed by atoms with van der Waals surface area (Å²) in [7, 11) is 4.28. The van der Waals surface area contributed by atoms with E-state index < -0.39 is 0 Å². The molecule has 0 saturated carbocycles. The van der Waals surface area contributed by atoms with E-state index in [9.17, 15) is 0 Å². The van der Waals surface area contributed by atoms with E-state index in [0.717, 1.165) is 17.6 Å². The van der Waals surface area contributed by atoms with Crippen LogP contribution in [0.5, 0.6) is 0 Å². The molecular formula is C14H18BrN3. The number of piperidine rings is 1. The summed E-state index contributed by atoms with van der Waals surface area (Å²) in [6, 6.07) is 8.61. The largest absolute Gasteiger partial charge is 0.369 e. The SMILES string of the molecule is CN(C)C1CCCN(c2ccc(C#N)cc2Br)C1. The number of halogens is 1. The first kappa shape index (κ1) is 13.4. The first-order chi connectivity index (χ1) is 8.61. The van der Waals surface area contributed by atoms with Crippen molar-refractivity contribution in [2.75, 3.05) is 32.1 Å². The Kier molecular flexibility index (Phi) is 4.26. The van der Waals surface area contributed by atoms with E-state index in [1.165, 1.54) is 18.5 Å². The molecule has 4 heteroatoms. The van der Waals surface area contributed by atoms with Gasteiger partial charge in [0, 0.05) is 23.6 Å². The maximum atomic E-state index is 8.89. The monoisotopic (exact) mass is 307 g/mol. The van der Waals surface area contributed by atoms with Crippen molar-refractivity contribution in [3.05, 3.63) is 28.2 Å². The van der Waals surface area contributed by atoms with Gasteiger partial charge in [-0.05, 0) is 61.1 Å². The van der Waals surface area contributed by atoms with Crippen LogP contribution in [-0.2, 0) is 0 Å². The molecule has 1 aliphatic rings. The molecule has 18 heavy (non-hydrogen) atoms. The van der Waals surface area contributed by atoms with E-state index in [0.29, 0.717) is 11.6 Å². The number of nitriles is 1. The summed E-state index contributed by atoms with van der Waals surface area (Å²) >= 11 is 3.57. The predicted octanol–water partition coefficient (Wildman–Crippen LogP) is 2.85. The van der Waals surface area contributed by atoms with E-state index in [2.05, 4.69) is 45.9 Å². The second-order valence-electron chi connectivity index (χ2n) is 4.98. The van der Waals surface area contributed by atoms with Gasteiger partial charge in [0.05, 0.1) is 17.3 Å². The maximum Gasteiger partial charge on any atom is 0.0992 e. The molecule has 0 aliphatic carbocycles. The first-order valence-electron chi connectivity index (χ1n) is 6.23. The van der Waals surface area contributed by atoms with Crippen LogP contribution in [0.2, 0.25) is 0 Å². The molecule has 0 radical (unpaired) electrons. The summed E-state index contributed by atoms with van der Waals surface area (Å²) in [5, 5.41) is 8.89. The number of anilines is 1. The third-order valence-corrected chi connectivity index (χ3v) is 4.18. The summed E-state index contributed by atoms with van der Waals surface area (Å²) < 4.78 is 1.01. The zero-order chi connectivity index (χ0) is 13.1. The highest BCUT2D eigenvalue weighted by molar-refractivity contribution is 9.10. The van der Waals surface area contributed by atoms with Crippen LogP contribution in [0.15, 0.2) is 22.7 Å². The van der Waals surface area contributed by atoms with Crippen molar-refractivity contribution in [3.63, 3.8) is 0 Å². The molecule has 3 nitrogen and oxygen atoms in total. The number of likely N-dealkylation sites (N-methyl/N-ethyl adjacent to an activating group) is 1. The average molecular weight is 308 g/mol. The van der Waals surface area contributed by atoms with E-state index in [1.54, 1.807) is 0 Å². The molecule has 1 heterocycles. The lowest BCUT2D eigenvalue weighted by Gasteiger charge is -2.38. The van der Waals surface area contributed by atoms with Gasteiger partial charge in [-0.25, -0.2) is 0 Å². The Hall–Kier alpha value is -1.05. The predicted molar refractivity (Wildman–Crippen MR) is 77.8 cm³/mol. The van der Waals surface area contributed by atoms with Gasteiger partial charge in [0.1, 0.15) is 0 Å². The van der Waals surface area contributed by atoms with E-state index in [4.69, 9.17) is 5.26 Å². The minimum absolute atomic E-state index is 0.612. The second-order valence-corrected chi connectivity index (χ2v) is 5.84. The zero-order valence-electron chi connectivity index (χ0n) is 10.9. The van der Waals surface area contributed by atoms with Gasteiger partial charge in [0.15, 0.2) is 0 Å². The molecule has 0 amide bonds. The summed E-state index contributed by atoms with van der Waals surface area (Å²) in [6.07, 6.45) is 2.48. The molecule has 0 spiro atoms. The highest BCUT2D eigenvalue weighted by Crippen LogP contribution is 2.30. The van der Waals surface area contributed by atoms with Crippen LogP contribution < -0.4 is 4.90 Å². The van der Waals surface area contributed by atoms with Crippen molar-refractivity contribution in [1.82, 2.24) is 4.90 Å². The van der Waals surface area contributed by atoms with Crippen molar-refractivity contribution >= 4 is 21.6 Å². The lowest BCUT2D eigenvalue weighted by Crippen LogP contribution is -2.45. The van der Waals surface area contributed by atoms with E-state index in [-0.39, 0.29) is 0 Å². The molecule has 1 aromatic carbocycles. The van der Waals surface area contributed by atoms with Crippen LogP contribution in [0.25, 0.3) is 0 Å². The molecule has 96 valence electrons. The van der Waals surface area contributed by atoms with Gasteiger partial charge in [-0.3, -0.25) is 0 Å². The maximum absolute atomic E-state index is 8.89. The summed E-state index contributed by atoms with van der Waals surface area (Å²) in [5.41, 5.74) is 1.90. The molecule has 1 fully saturated rings. The van der Waals surface area contributed by atoms with Crippen LogP contribution in [0.4, 0.5) is 5.69 Å². The first-order valence-corrected chi connectivity index (χ1v) is 7.02. The fourth-order valence-corrected chi connectivity index (χ4v) is 3.06. The van der Waals surface area contributed by atoms with Crippen LogP contribution in [-0.4, -0.2) is 38.1 Å². The normalized spacial score (nSPS) is 19.9. The molecule has 0 N–H and O–H groups in total. The standard InChI is InChI=1S/C14H18BrN3/c1-17(2)12-4-3-7-18(10-12)14-6-5-11(9-16)8-13(14)15/h5-6,8,12H,3-4,7,10H2,1-2H3.